The summed E-state index contributed by atoms with van der Waals surface area (Å²) in [4.78, 5) is 2.41. The van der Waals surface area contributed by atoms with Gasteiger partial charge in [-0.25, -0.2) is 0 Å². The van der Waals surface area contributed by atoms with Crippen LogP contribution in [-0.2, 0) is 0 Å². The van der Waals surface area contributed by atoms with E-state index in [2.05, 4.69) is 49.0 Å². The molecule has 0 unspecified atom stereocenters. The molecule has 0 heterocycles. The summed E-state index contributed by atoms with van der Waals surface area (Å²) < 4.78 is 1.08. The SMILES string of the molecule is Br.CN(CCCBr)CCC[N+](C)(C)C.[Br-]. The van der Waals surface area contributed by atoms with Gasteiger partial charge in [0.1, 0.15) is 0 Å². The fraction of sp³-hybridized carbons (Fsp3) is 1.00. The standard InChI is InChI=1S/C10H24BrN2.2BrH/c1-12(8-5-7-11)9-6-10-13(2,3)4;;/h5-10H2,1-4H3;2*1H/q+1;;/p-1. The minimum atomic E-state index is 0. The Bertz CT molecular complexity index is 126. The first kappa shape index (κ1) is 21.6. The lowest BCUT2D eigenvalue weighted by Gasteiger charge is -2.25. The van der Waals surface area contributed by atoms with Crippen molar-refractivity contribution >= 4 is 32.9 Å². The van der Waals surface area contributed by atoms with E-state index in [0.717, 1.165) is 9.81 Å². The van der Waals surface area contributed by atoms with Crippen LogP contribution in [0, 0.1) is 0 Å². The lowest BCUT2D eigenvalue weighted by Crippen LogP contribution is -3.00. The second kappa shape index (κ2) is 11.8. The molecule has 0 radical (unpaired) electrons. The van der Waals surface area contributed by atoms with Crippen LogP contribution < -0.4 is 17.0 Å². The van der Waals surface area contributed by atoms with Gasteiger partial charge in [-0.3, -0.25) is 0 Å². The van der Waals surface area contributed by atoms with Crippen molar-refractivity contribution < 1.29 is 21.5 Å². The van der Waals surface area contributed by atoms with Crippen LogP contribution >= 0.6 is 32.9 Å². The maximum absolute atomic E-state index is 3.45. The van der Waals surface area contributed by atoms with E-state index in [1.165, 1.54) is 32.5 Å². The Balaban J connectivity index is -0.000000720. The maximum Gasteiger partial charge on any atom is 0.0792 e. The van der Waals surface area contributed by atoms with E-state index < -0.39 is 0 Å². The van der Waals surface area contributed by atoms with Gasteiger partial charge in [0.05, 0.1) is 27.7 Å². The average Bonchev–Trinajstić information content (AvgIpc) is 1.98. The van der Waals surface area contributed by atoms with Gasteiger partial charge >= 0.3 is 0 Å². The number of nitrogens with zero attached hydrogens (tertiary/aromatic N) is 2. The fourth-order valence-electron chi connectivity index (χ4n) is 1.26. The van der Waals surface area contributed by atoms with Crippen molar-refractivity contribution in [1.29, 1.82) is 0 Å². The molecule has 0 fully saturated rings. The summed E-state index contributed by atoms with van der Waals surface area (Å²) >= 11 is 3.45. The molecule has 0 N–H and O–H groups in total. The molecule has 0 aromatic rings. The highest BCUT2D eigenvalue weighted by atomic mass is 79.9. The summed E-state index contributed by atoms with van der Waals surface area (Å²) in [5.41, 5.74) is 0. The Hall–Kier alpha value is 1.36. The molecule has 96 valence electrons. The second-order valence-electron chi connectivity index (χ2n) is 4.71. The van der Waals surface area contributed by atoms with Gasteiger partial charge in [0.25, 0.3) is 0 Å². The third-order valence-corrected chi connectivity index (χ3v) is 2.60. The minimum absolute atomic E-state index is 0. The van der Waals surface area contributed by atoms with Crippen LogP contribution in [-0.4, -0.2) is 62.5 Å². The van der Waals surface area contributed by atoms with Crippen molar-refractivity contribution in [2.75, 3.05) is 53.2 Å². The molecule has 0 spiro atoms. The molecule has 0 rings (SSSR count). The maximum atomic E-state index is 3.45. The van der Waals surface area contributed by atoms with Gasteiger partial charge in [0, 0.05) is 18.3 Å². The van der Waals surface area contributed by atoms with Crippen molar-refractivity contribution in [2.24, 2.45) is 0 Å². The fourth-order valence-corrected chi connectivity index (χ4v) is 1.51. The quantitative estimate of drug-likeness (QED) is 0.398. The molecular formula is C10H25Br3N2. The molecule has 0 aliphatic carbocycles. The molecular weight excluding hydrogens is 388 g/mol. The molecule has 0 saturated carbocycles. The first-order valence-corrected chi connectivity index (χ1v) is 6.13. The van der Waals surface area contributed by atoms with E-state index in [-0.39, 0.29) is 34.0 Å². The van der Waals surface area contributed by atoms with Gasteiger partial charge in [-0.2, -0.15) is 0 Å². The Morgan fingerprint density at radius 1 is 1.07 bits per heavy atom. The van der Waals surface area contributed by atoms with Gasteiger partial charge in [-0.1, -0.05) is 15.9 Å². The molecule has 5 heteroatoms. The summed E-state index contributed by atoms with van der Waals surface area (Å²) in [6.45, 7) is 3.70. The Kier molecular flexibility index (Phi) is 17.1. The molecule has 15 heavy (non-hydrogen) atoms. The number of rotatable bonds is 7. The van der Waals surface area contributed by atoms with Crippen LogP contribution in [0.2, 0.25) is 0 Å². The lowest BCUT2D eigenvalue weighted by molar-refractivity contribution is -0.870. The molecule has 0 aliphatic heterocycles. The van der Waals surface area contributed by atoms with Crippen LogP contribution in [0.3, 0.4) is 0 Å². The smallest absolute Gasteiger partial charge is 0.0792 e. The highest BCUT2D eigenvalue weighted by Crippen LogP contribution is 1.97. The Morgan fingerprint density at radius 3 is 1.93 bits per heavy atom. The third-order valence-electron chi connectivity index (χ3n) is 2.04. The molecule has 0 aromatic heterocycles. The molecule has 0 aliphatic rings. The Morgan fingerprint density at radius 2 is 1.53 bits per heavy atom. The molecule has 0 atom stereocenters. The van der Waals surface area contributed by atoms with Crippen LogP contribution in [0.4, 0.5) is 0 Å². The molecule has 0 bridgehead atoms. The van der Waals surface area contributed by atoms with Crippen molar-refractivity contribution in [1.82, 2.24) is 4.90 Å². The van der Waals surface area contributed by atoms with Gasteiger partial charge < -0.3 is 26.4 Å². The van der Waals surface area contributed by atoms with Crippen molar-refractivity contribution in [2.45, 2.75) is 12.8 Å². The van der Waals surface area contributed by atoms with Crippen LogP contribution in [0.5, 0.6) is 0 Å². The molecule has 2 nitrogen and oxygen atoms in total. The average molecular weight is 413 g/mol. The first-order chi connectivity index (χ1) is 5.95. The van der Waals surface area contributed by atoms with Crippen LogP contribution in [0.25, 0.3) is 0 Å². The van der Waals surface area contributed by atoms with Crippen LogP contribution in [0.1, 0.15) is 12.8 Å². The van der Waals surface area contributed by atoms with E-state index in [1.54, 1.807) is 0 Å². The summed E-state index contributed by atoms with van der Waals surface area (Å²) in [5, 5.41) is 1.12. The number of halogens is 3. The van der Waals surface area contributed by atoms with E-state index in [0.29, 0.717) is 0 Å². The third kappa shape index (κ3) is 17.9. The summed E-state index contributed by atoms with van der Waals surface area (Å²) in [7, 11) is 8.95. The van der Waals surface area contributed by atoms with E-state index in [1.807, 2.05) is 0 Å². The molecule has 0 aromatic carbocycles. The minimum Gasteiger partial charge on any atom is -1.00 e. The molecule has 0 saturated heterocycles. The zero-order valence-electron chi connectivity index (χ0n) is 10.3. The summed E-state index contributed by atoms with van der Waals surface area (Å²) in [6, 6.07) is 0. The van der Waals surface area contributed by atoms with Crippen molar-refractivity contribution in [3.63, 3.8) is 0 Å². The van der Waals surface area contributed by atoms with Gasteiger partial charge in [0.2, 0.25) is 0 Å². The summed E-state index contributed by atoms with van der Waals surface area (Å²) in [5.74, 6) is 0. The molecule has 0 amide bonds. The second-order valence-corrected chi connectivity index (χ2v) is 5.51. The van der Waals surface area contributed by atoms with Gasteiger partial charge in [-0.05, 0) is 20.0 Å². The highest BCUT2D eigenvalue weighted by molar-refractivity contribution is 9.09. The normalized spacial score (nSPS) is 10.8. The number of hydrogen-bond acceptors (Lipinski definition) is 1. The zero-order chi connectivity index (χ0) is 10.3. The van der Waals surface area contributed by atoms with Crippen LogP contribution in [0.15, 0.2) is 0 Å². The first-order valence-electron chi connectivity index (χ1n) is 5.00. The van der Waals surface area contributed by atoms with E-state index >= 15 is 0 Å². The lowest BCUT2D eigenvalue weighted by atomic mass is 10.3. The monoisotopic (exact) mass is 410 g/mol. The van der Waals surface area contributed by atoms with Gasteiger partial charge in [-0.15, -0.1) is 17.0 Å². The predicted molar refractivity (Wildman–Crippen MR) is 73.7 cm³/mol. The largest absolute Gasteiger partial charge is 1.00 e. The number of hydrogen-bond donors (Lipinski definition) is 0. The van der Waals surface area contributed by atoms with Crippen molar-refractivity contribution in [3.8, 4) is 0 Å². The van der Waals surface area contributed by atoms with Gasteiger partial charge in [0.15, 0.2) is 0 Å². The summed E-state index contributed by atoms with van der Waals surface area (Å²) in [6.07, 6.45) is 2.54. The van der Waals surface area contributed by atoms with Crippen molar-refractivity contribution in [3.05, 3.63) is 0 Å². The topological polar surface area (TPSA) is 3.24 Å². The number of alkyl halides is 1. The highest BCUT2D eigenvalue weighted by Gasteiger charge is 2.06. The predicted octanol–water partition coefficient (Wildman–Crippen LogP) is -0.619. The van der Waals surface area contributed by atoms with E-state index in [4.69, 9.17) is 0 Å². The van der Waals surface area contributed by atoms with E-state index in [9.17, 15) is 0 Å². The zero-order valence-corrected chi connectivity index (χ0v) is 15.2. The Labute approximate surface area is 125 Å². The number of quaternary nitrogens is 1.